The van der Waals surface area contributed by atoms with Crippen molar-refractivity contribution in [3.05, 3.63) is 58.8 Å². The van der Waals surface area contributed by atoms with Gasteiger partial charge in [0.2, 0.25) is 5.91 Å². The smallest absolute Gasteiger partial charge is 0.244 e. The highest BCUT2D eigenvalue weighted by atomic mass is 79.9. The van der Waals surface area contributed by atoms with Crippen LogP contribution in [-0.2, 0) is 9.53 Å². The predicted octanol–water partition coefficient (Wildman–Crippen LogP) is 5.43. The van der Waals surface area contributed by atoms with Crippen molar-refractivity contribution in [2.24, 2.45) is 0 Å². The van der Waals surface area contributed by atoms with Gasteiger partial charge in [0.05, 0.1) is 13.4 Å². The molecule has 152 valence electrons. The molecule has 3 rings (SSSR count). The molecule has 0 aliphatic carbocycles. The fraction of sp³-hybridized carbons (Fsp3) is 0.261. The molecule has 0 aliphatic heterocycles. The van der Waals surface area contributed by atoms with Crippen molar-refractivity contribution in [3.8, 4) is 16.9 Å². The first-order valence-corrected chi connectivity index (χ1v) is 10.1. The summed E-state index contributed by atoms with van der Waals surface area (Å²) in [7, 11) is 3.26. The number of furan rings is 1. The maximum atomic E-state index is 12.2. The molecule has 0 spiro atoms. The van der Waals surface area contributed by atoms with E-state index in [1.807, 2.05) is 43.3 Å². The van der Waals surface area contributed by atoms with E-state index >= 15 is 0 Å². The highest BCUT2D eigenvalue weighted by molar-refractivity contribution is 9.10. The van der Waals surface area contributed by atoms with Crippen LogP contribution in [0.3, 0.4) is 0 Å². The summed E-state index contributed by atoms with van der Waals surface area (Å²) in [5.74, 6) is 0.522. The molecule has 29 heavy (non-hydrogen) atoms. The van der Waals surface area contributed by atoms with Gasteiger partial charge >= 0.3 is 0 Å². The molecule has 1 N–H and O–H groups in total. The van der Waals surface area contributed by atoms with Gasteiger partial charge in [-0.15, -0.1) is 0 Å². The Morgan fingerprint density at radius 2 is 2.07 bits per heavy atom. The number of benzene rings is 2. The first-order chi connectivity index (χ1) is 14.0. The van der Waals surface area contributed by atoms with E-state index in [4.69, 9.17) is 13.9 Å². The van der Waals surface area contributed by atoms with Crippen LogP contribution < -0.4 is 10.1 Å². The van der Waals surface area contributed by atoms with E-state index in [-0.39, 0.29) is 5.91 Å². The lowest BCUT2D eigenvalue weighted by Crippen LogP contribution is -2.23. The van der Waals surface area contributed by atoms with Crippen LogP contribution in [0.1, 0.15) is 18.9 Å². The Morgan fingerprint density at radius 1 is 1.24 bits per heavy atom. The van der Waals surface area contributed by atoms with E-state index in [0.717, 1.165) is 44.1 Å². The number of halogens is 1. The molecule has 0 radical (unpaired) electrons. The molecular weight excluding hydrogens is 434 g/mol. The first kappa shape index (κ1) is 21.1. The first-order valence-electron chi connectivity index (χ1n) is 9.34. The number of hydrogen-bond acceptors (Lipinski definition) is 4. The van der Waals surface area contributed by atoms with Crippen LogP contribution in [0.4, 0.5) is 0 Å². The van der Waals surface area contributed by atoms with Gasteiger partial charge in [0.25, 0.3) is 0 Å². The molecule has 0 bridgehead atoms. The molecule has 1 amide bonds. The summed E-state index contributed by atoms with van der Waals surface area (Å²) in [6.45, 7) is 3.09. The van der Waals surface area contributed by atoms with Crippen molar-refractivity contribution in [3.63, 3.8) is 0 Å². The van der Waals surface area contributed by atoms with Gasteiger partial charge in [-0.2, -0.15) is 0 Å². The third kappa shape index (κ3) is 5.08. The highest BCUT2D eigenvalue weighted by Crippen LogP contribution is 2.37. The molecule has 0 fully saturated rings. The van der Waals surface area contributed by atoms with Gasteiger partial charge in [0.1, 0.15) is 11.3 Å². The van der Waals surface area contributed by atoms with Crippen molar-refractivity contribution in [1.82, 2.24) is 5.32 Å². The number of ether oxygens (including phenoxy) is 2. The number of fused-ring (bicyclic) bond motifs is 1. The Bertz CT molecular complexity index is 1040. The average molecular weight is 458 g/mol. The lowest BCUT2D eigenvalue weighted by molar-refractivity contribution is -0.116. The van der Waals surface area contributed by atoms with Gasteiger partial charge in [-0.05, 0) is 42.7 Å². The molecule has 0 saturated carbocycles. The molecule has 6 heteroatoms. The van der Waals surface area contributed by atoms with Crippen molar-refractivity contribution < 1.29 is 18.7 Å². The molecule has 3 aromatic rings. The summed E-state index contributed by atoms with van der Waals surface area (Å²) < 4.78 is 17.3. The number of hydrogen-bond donors (Lipinski definition) is 1. The number of methoxy groups -OCH3 is 2. The van der Waals surface area contributed by atoms with E-state index < -0.39 is 0 Å². The van der Waals surface area contributed by atoms with Crippen LogP contribution in [0.15, 0.2) is 57.6 Å². The van der Waals surface area contributed by atoms with E-state index in [1.54, 1.807) is 26.6 Å². The van der Waals surface area contributed by atoms with E-state index in [0.29, 0.717) is 18.9 Å². The number of amides is 1. The summed E-state index contributed by atoms with van der Waals surface area (Å²) in [5.41, 5.74) is 4.44. The third-order valence-corrected chi connectivity index (χ3v) is 5.12. The Kier molecular flexibility index (Phi) is 7.12. The number of carbonyl (C=O) groups excluding carboxylic acids is 1. The molecule has 1 heterocycles. The second-order valence-corrected chi connectivity index (χ2v) is 7.59. The predicted molar refractivity (Wildman–Crippen MR) is 119 cm³/mol. The molecule has 2 aromatic carbocycles. The van der Waals surface area contributed by atoms with Crippen LogP contribution in [0.2, 0.25) is 0 Å². The number of rotatable bonds is 8. The Balaban J connectivity index is 1.95. The monoisotopic (exact) mass is 457 g/mol. The van der Waals surface area contributed by atoms with Crippen molar-refractivity contribution >= 4 is 38.4 Å². The molecule has 0 unspecified atom stereocenters. The average Bonchev–Trinajstić information content (AvgIpc) is 3.13. The summed E-state index contributed by atoms with van der Waals surface area (Å²) in [6.07, 6.45) is 4.11. The van der Waals surface area contributed by atoms with Gasteiger partial charge in [-0.1, -0.05) is 28.1 Å². The normalized spacial score (nSPS) is 11.7. The largest absolute Gasteiger partial charge is 0.496 e. The van der Waals surface area contributed by atoms with Gasteiger partial charge in [0, 0.05) is 53.4 Å². The fourth-order valence-electron chi connectivity index (χ4n) is 3.17. The van der Waals surface area contributed by atoms with Crippen LogP contribution in [-0.4, -0.2) is 33.3 Å². The minimum atomic E-state index is -0.139. The van der Waals surface area contributed by atoms with Gasteiger partial charge in [-0.25, -0.2) is 0 Å². The molecule has 5 nitrogen and oxygen atoms in total. The van der Waals surface area contributed by atoms with E-state index in [1.165, 1.54) is 0 Å². The summed E-state index contributed by atoms with van der Waals surface area (Å²) in [4.78, 5) is 12.2. The van der Waals surface area contributed by atoms with E-state index in [2.05, 4.69) is 21.2 Å². The SMILES string of the molecule is COCCCNC(=O)/C=C(\C)c1cc2c(-c3cccc(Br)c3)coc2cc1OC. The van der Waals surface area contributed by atoms with Gasteiger partial charge in [0.15, 0.2) is 0 Å². The van der Waals surface area contributed by atoms with Crippen molar-refractivity contribution in [1.29, 1.82) is 0 Å². The maximum Gasteiger partial charge on any atom is 0.244 e. The zero-order valence-electron chi connectivity index (χ0n) is 16.8. The van der Waals surface area contributed by atoms with Crippen molar-refractivity contribution in [2.75, 3.05) is 27.4 Å². The lowest BCUT2D eigenvalue weighted by Gasteiger charge is -2.10. The second kappa shape index (κ2) is 9.76. The minimum Gasteiger partial charge on any atom is -0.496 e. The zero-order chi connectivity index (χ0) is 20.8. The van der Waals surface area contributed by atoms with Crippen molar-refractivity contribution in [2.45, 2.75) is 13.3 Å². The van der Waals surface area contributed by atoms with Gasteiger partial charge in [-0.3, -0.25) is 4.79 Å². The molecular formula is C23H24BrNO4. The zero-order valence-corrected chi connectivity index (χ0v) is 18.3. The second-order valence-electron chi connectivity index (χ2n) is 6.67. The van der Waals surface area contributed by atoms with Crippen LogP contribution in [0, 0.1) is 0 Å². The summed E-state index contributed by atoms with van der Waals surface area (Å²) >= 11 is 3.52. The lowest BCUT2D eigenvalue weighted by atomic mass is 9.99. The minimum absolute atomic E-state index is 0.139. The Labute approximate surface area is 178 Å². The standard InChI is InChI=1S/C23H24BrNO4/c1-15(10-23(26)25-8-5-9-27-2)18-12-19-20(16-6-4-7-17(24)11-16)14-29-22(19)13-21(18)28-3/h4,6-7,10-14H,5,8-9H2,1-3H3,(H,25,26)/b15-10+. The molecule has 1 aromatic heterocycles. The molecule has 0 atom stereocenters. The fourth-order valence-corrected chi connectivity index (χ4v) is 3.56. The summed E-state index contributed by atoms with van der Waals surface area (Å²) in [5, 5.41) is 3.84. The maximum absolute atomic E-state index is 12.2. The van der Waals surface area contributed by atoms with E-state index in [9.17, 15) is 4.79 Å². The molecule has 0 aliphatic rings. The molecule has 0 saturated heterocycles. The number of nitrogens with one attached hydrogen (secondary N) is 1. The topological polar surface area (TPSA) is 60.7 Å². The Hall–Kier alpha value is -2.57. The van der Waals surface area contributed by atoms with Crippen LogP contribution >= 0.6 is 15.9 Å². The third-order valence-electron chi connectivity index (χ3n) is 4.63. The number of allylic oxidation sites excluding steroid dienone is 1. The summed E-state index contributed by atoms with van der Waals surface area (Å²) in [6, 6.07) is 11.9. The van der Waals surface area contributed by atoms with Crippen LogP contribution in [0.5, 0.6) is 5.75 Å². The quantitative estimate of drug-likeness (QED) is 0.362. The number of carbonyl (C=O) groups is 1. The van der Waals surface area contributed by atoms with Gasteiger partial charge < -0.3 is 19.2 Å². The Morgan fingerprint density at radius 3 is 2.79 bits per heavy atom. The highest BCUT2D eigenvalue weighted by Gasteiger charge is 2.15. The van der Waals surface area contributed by atoms with Crippen LogP contribution in [0.25, 0.3) is 27.7 Å².